The molecule has 18 heavy (non-hydrogen) atoms. The smallest absolute Gasteiger partial charge is 0.330 e. The van der Waals surface area contributed by atoms with Gasteiger partial charge in [-0.1, -0.05) is 13.8 Å². The monoisotopic (exact) mass is 281 g/mol. The Morgan fingerprint density at radius 1 is 1.39 bits per heavy atom. The van der Waals surface area contributed by atoms with E-state index in [1.807, 2.05) is 25.8 Å². The van der Waals surface area contributed by atoms with Crippen LogP contribution < -0.4 is 5.73 Å². The summed E-state index contributed by atoms with van der Waals surface area (Å²) in [7, 11) is 1.87. The number of thiazole rings is 1. The highest BCUT2D eigenvalue weighted by Crippen LogP contribution is 2.32. The SMILES string of the molecule is CN(Cc1cnc(C(F)(F)F)s1)CC(C)(C)CN. The van der Waals surface area contributed by atoms with Crippen LogP contribution in [0.3, 0.4) is 0 Å². The first kappa shape index (κ1) is 15.4. The van der Waals surface area contributed by atoms with Crippen LogP contribution in [0.15, 0.2) is 6.20 Å². The van der Waals surface area contributed by atoms with Crippen molar-refractivity contribution >= 4 is 11.3 Å². The van der Waals surface area contributed by atoms with Crippen LogP contribution in [0.4, 0.5) is 13.2 Å². The van der Waals surface area contributed by atoms with Crippen molar-refractivity contribution in [2.45, 2.75) is 26.6 Å². The van der Waals surface area contributed by atoms with Crippen LogP contribution in [0.1, 0.15) is 23.7 Å². The minimum absolute atomic E-state index is 0.0493. The van der Waals surface area contributed by atoms with Gasteiger partial charge in [-0.2, -0.15) is 13.2 Å². The summed E-state index contributed by atoms with van der Waals surface area (Å²) >= 11 is 0.693. The summed E-state index contributed by atoms with van der Waals surface area (Å²) in [6.07, 6.45) is -3.06. The Hall–Kier alpha value is -0.660. The zero-order valence-corrected chi connectivity index (χ0v) is 11.5. The number of alkyl halides is 3. The Bertz CT molecular complexity index is 387. The molecule has 0 aliphatic heterocycles. The molecule has 0 aromatic carbocycles. The van der Waals surface area contributed by atoms with Crippen LogP contribution >= 0.6 is 11.3 Å². The van der Waals surface area contributed by atoms with E-state index >= 15 is 0 Å². The highest BCUT2D eigenvalue weighted by molar-refractivity contribution is 7.11. The summed E-state index contributed by atoms with van der Waals surface area (Å²) in [6, 6.07) is 0. The zero-order valence-electron chi connectivity index (χ0n) is 10.7. The molecule has 0 fully saturated rings. The standard InChI is InChI=1S/C11H18F3N3S/c1-10(2,6-15)7-17(3)5-8-4-16-9(18-8)11(12,13)14/h4H,5-7,15H2,1-3H3. The van der Waals surface area contributed by atoms with Crippen LogP contribution in [-0.2, 0) is 12.7 Å². The van der Waals surface area contributed by atoms with E-state index in [2.05, 4.69) is 4.98 Å². The lowest BCUT2D eigenvalue weighted by atomic mass is 9.93. The molecule has 1 heterocycles. The molecular weight excluding hydrogens is 263 g/mol. The molecular formula is C11H18F3N3S. The number of halogens is 3. The van der Waals surface area contributed by atoms with Crippen LogP contribution in [0.5, 0.6) is 0 Å². The molecule has 0 saturated heterocycles. The van der Waals surface area contributed by atoms with Crippen molar-refractivity contribution in [3.05, 3.63) is 16.1 Å². The van der Waals surface area contributed by atoms with Gasteiger partial charge in [-0.15, -0.1) is 11.3 Å². The number of nitrogens with zero attached hydrogens (tertiary/aromatic N) is 2. The Balaban J connectivity index is 2.60. The van der Waals surface area contributed by atoms with Gasteiger partial charge in [0.1, 0.15) is 0 Å². The molecule has 104 valence electrons. The lowest BCUT2D eigenvalue weighted by molar-refractivity contribution is -0.137. The van der Waals surface area contributed by atoms with Gasteiger partial charge >= 0.3 is 6.18 Å². The largest absolute Gasteiger partial charge is 0.443 e. The number of rotatable bonds is 5. The van der Waals surface area contributed by atoms with Gasteiger partial charge in [0.05, 0.1) is 0 Å². The Morgan fingerprint density at radius 2 is 2.00 bits per heavy atom. The molecule has 7 heteroatoms. The number of hydrogen-bond donors (Lipinski definition) is 1. The first-order valence-corrected chi connectivity index (χ1v) is 6.36. The Kier molecular flexibility index (Phi) is 4.74. The maximum Gasteiger partial charge on any atom is 0.443 e. The summed E-state index contributed by atoms with van der Waals surface area (Å²) in [6.45, 7) is 5.77. The molecule has 0 spiro atoms. The fourth-order valence-electron chi connectivity index (χ4n) is 1.63. The first-order valence-electron chi connectivity index (χ1n) is 5.54. The predicted molar refractivity (Wildman–Crippen MR) is 66.3 cm³/mol. The van der Waals surface area contributed by atoms with Crippen molar-refractivity contribution in [2.24, 2.45) is 11.1 Å². The van der Waals surface area contributed by atoms with Gasteiger partial charge in [0, 0.05) is 24.2 Å². The highest BCUT2D eigenvalue weighted by Gasteiger charge is 2.34. The molecule has 3 nitrogen and oxygen atoms in total. The second-order valence-corrected chi connectivity index (χ2v) is 6.29. The quantitative estimate of drug-likeness (QED) is 0.902. The van der Waals surface area contributed by atoms with Crippen LogP contribution in [-0.4, -0.2) is 30.0 Å². The molecule has 1 aromatic rings. The van der Waals surface area contributed by atoms with E-state index in [4.69, 9.17) is 5.73 Å². The highest BCUT2D eigenvalue weighted by atomic mass is 32.1. The van der Waals surface area contributed by atoms with Gasteiger partial charge < -0.3 is 10.6 Å². The maximum absolute atomic E-state index is 12.4. The molecule has 0 radical (unpaired) electrons. The topological polar surface area (TPSA) is 42.2 Å². The second kappa shape index (κ2) is 5.54. The van der Waals surface area contributed by atoms with Gasteiger partial charge in [-0.3, -0.25) is 0 Å². The van der Waals surface area contributed by atoms with E-state index in [0.717, 1.165) is 6.54 Å². The zero-order chi connectivity index (χ0) is 14.0. The summed E-state index contributed by atoms with van der Waals surface area (Å²) in [5.74, 6) is 0. The van der Waals surface area contributed by atoms with Crippen molar-refractivity contribution < 1.29 is 13.2 Å². The van der Waals surface area contributed by atoms with Crippen molar-refractivity contribution in [1.82, 2.24) is 9.88 Å². The Morgan fingerprint density at radius 3 is 2.44 bits per heavy atom. The molecule has 0 saturated carbocycles. The van der Waals surface area contributed by atoms with E-state index < -0.39 is 11.2 Å². The average Bonchev–Trinajstić information content (AvgIpc) is 2.64. The third-order valence-corrected chi connectivity index (χ3v) is 3.50. The van der Waals surface area contributed by atoms with Gasteiger partial charge in [-0.05, 0) is 19.0 Å². The minimum Gasteiger partial charge on any atom is -0.330 e. The van der Waals surface area contributed by atoms with Crippen molar-refractivity contribution in [2.75, 3.05) is 20.1 Å². The predicted octanol–water partition coefficient (Wildman–Crippen LogP) is 2.58. The second-order valence-electron chi connectivity index (χ2n) is 5.17. The number of hydrogen-bond acceptors (Lipinski definition) is 4. The fourth-order valence-corrected chi connectivity index (χ4v) is 2.49. The molecule has 0 bridgehead atoms. The number of aromatic nitrogens is 1. The average molecular weight is 281 g/mol. The van der Waals surface area contributed by atoms with Crippen LogP contribution in [0.2, 0.25) is 0 Å². The summed E-state index contributed by atoms with van der Waals surface area (Å²) < 4.78 is 37.1. The first-order chi connectivity index (χ1) is 8.14. The van der Waals surface area contributed by atoms with Crippen molar-refractivity contribution in [3.63, 3.8) is 0 Å². The van der Waals surface area contributed by atoms with Crippen LogP contribution in [0.25, 0.3) is 0 Å². The van der Waals surface area contributed by atoms with E-state index in [0.29, 0.717) is 29.3 Å². The molecule has 1 aromatic heterocycles. The lowest BCUT2D eigenvalue weighted by Crippen LogP contribution is -2.36. The van der Waals surface area contributed by atoms with E-state index in [1.54, 1.807) is 0 Å². The van der Waals surface area contributed by atoms with Gasteiger partial charge in [0.25, 0.3) is 0 Å². The molecule has 1 rings (SSSR count). The molecule has 2 N–H and O–H groups in total. The Labute approximate surface area is 109 Å². The van der Waals surface area contributed by atoms with E-state index in [1.165, 1.54) is 6.20 Å². The molecule has 0 unspecified atom stereocenters. The fraction of sp³-hybridized carbons (Fsp3) is 0.727. The van der Waals surface area contributed by atoms with Crippen molar-refractivity contribution in [1.29, 1.82) is 0 Å². The third kappa shape index (κ3) is 4.55. The van der Waals surface area contributed by atoms with Gasteiger partial charge in [0.15, 0.2) is 5.01 Å². The number of nitrogens with two attached hydrogens (primary N) is 1. The summed E-state index contributed by atoms with van der Waals surface area (Å²) in [4.78, 5) is 5.97. The third-order valence-electron chi connectivity index (χ3n) is 2.47. The lowest BCUT2D eigenvalue weighted by Gasteiger charge is -2.28. The molecule has 0 amide bonds. The molecule has 0 aliphatic rings. The normalized spacial score (nSPS) is 13.3. The van der Waals surface area contributed by atoms with Crippen molar-refractivity contribution in [3.8, 4) is 0 Å². The summed E-state index contributed by atoms with van der Waals surface area (Å²) in [5.41, 5.74) is 5.57. The molecule has 0 atom stereocenters. The van der Waals surface area contributed by atoms with E-state index in [9.17, 15) is 13.2 Å². The van der Waals surface area contributed by atoms with Crippen LogP contribution in [0, 0.1) is 5.41 Å². The minimum atomic E-state index is -4.35. The summed E-state index contributed by atoms with van der Waals surface area (Å²) in [5, 5.41) is -0.788. The van der Waals surface area contributed by atoms with Gasteiger partial charge in [0.2, 0.25) is 0 Å². The maximum atomic E-state index is 12.4. The van der Waals surface area contributed by atoms with Gasteiger partial charge in [-0.25, -0.2) is 4.98 Å². The molecule has 0 aliphatic carbocycles. The van der Waals surface area contributed by atoms with E-state index in [-0.39, 0.29) is 5.41 Å².